The van der Waals surface area contributed by atoms with Crippen molar-refractivity contribution < 1.29 is 14.7 Å². The van der Waals surface area contributed by atoms with Crippen molar-refractivity contribution in [3.8, 4) is 11.4 Å². The van der Waals surface area contributed by atoms with Gasteiger partial charge in [-0.2, -0.15) is 5.10 Å². The maximum absolute atomic E-state index is 12.8. The second-order valence-corrected chi connectivity index (χ2v) is 8.15. The number of piperidine rings is 1. The van der Waals surface area contributed by atoms with E-state index in [1.54, 1.807) is 24.1 Å². The largest absolute Gasteiger partial charge is 0.483 e. The highest BCUT2D eigenvalue weighted by Gasteiger charge is 2.55. The molecule has 2 bridgehead atoms. The molecule has 28 heavy (non-hydrogen) atoms. The minimum absolute atomic E-state index is 0.00971. The fourth-order valence-corrected chi connectivity index (χ4v) is 4.73. The van der Waals surface area contributed by atoms with Gasteiger partial charge in [0, 0.05) is 29.9 Å². The van der Waals surface area contributed by atoms with Gasteiger partial charge in [0.05, 0.1) is 5.02 Å². The Morgan fingerprint density at radius 1 is 1.43 bits per heavy atom. The van der Waals surface area contributed by atoms with E-state index in [2.05, 4.69) is 29.2 Å². The average molecular weight is 406 g/mol. The number of carboxylic acid groups (broad SMARTS) is 1. The molecule has 0 radical (unpaired) electrons. The van der Waals surface area contributed by atoms with Crippen LogP contribution in [-0.4, -0.2) is 48.9 Å². The van der Waals surface area contributed by atoms with Crippen LogP contribution >= 0.6 is 11.6 Å². The van der Waals surface area contributed by atoms with Crippen molar-refractivity contribution in [1.29, 1.82) is 0 Å². The Morgan fingerprint density at radius 2 is 2.14 bits per heavy atom. The third-order valence-electron chi connectivity index (χ3n) is 5.36. The zero-order valence-corrected chi connectivity index (χ0v) is 16.8. The monoisotopic (exact) mass is 405 g/mol. The highest BCUT2D eigenvalue weighted by molar-refractivity contribution is 6.33. The minimum Gasteiger partial charge on any atom is -0.483 e. The van der Waals surface area contributed by atoms with Crippen LogP contribution in [0.15, 0.2) is 24.5 Å². The highest BCUT2D eigenvalue weighted by Crippen LogP contribution is 2.49. The van der Waals surface area contributed by atoms with Crippen molar-refractivity contribution in [2.45, 2.75) is 44.7 Å². The normalized spacial score (nSPS) is 25.2. The summed E-state index contributed by atoms with van der Waals surface area (Å²) >= 11 is 6.28. The molecule has 3 fully saturated rings. The van der Waals surface area contributed by atoms with Gasteiger partial charge in [0.1, 0.15) is 6.33 Å². The number of carbonyl (C=O) groups excluding carboxylic acids is 1. The number of carbonyl (C=O) groups is 2. The molecule has 3 aliphatic rings. The summed E-state index contributed by atoms with van der Waals surface area (Å²) in [4.78, 5) is 27.4. The zero-order valence-electron chi connectivity index (χ0n) is 16.1. The van der Waals surface area contributed by atoms with Crippen LogP contribution in [0.1, 0.15) is 33.1 Å². The second-order valence-electron chi connectivity index (χ2n) is 7.74. The quantitative estimate of drug-likeness (QED) is 0.743. The van der Waals surface area contributed by atoms with Gasteiger partial charge in [-0.15, -0.1) is 0 Å². The Balaban J connectivity index is 0.000000706. The van der Waals surface area contributed by atoms with Gasteiger partial charge in [0.25, 0.3) is 6.47 Å². The summed E-state index contributed by atoms with van der Waals surface area (Å²) in [6.07, 6.45) is 4.89. The molecule has 9 heteroatoms. The molecule has 2 saturated heterocycles. The maximum Gasteiger partial charge on any atom is 0.322 e. The summed E-state index contributed by atoms with van der Waals surface area (Å²) in [5.41, 5.74) is 1.41. The number of fused-ring (bicyclic) bond motifs is 2. The number of benzene rings is 1. The Labute approximate surface area is 168 Å². The van der Waals surface area contributed by atoms with E-state index in [1.807, 2.05) is 17.0 Å². The Morgan fingerprint density at radius 3 is 2.75 bits per heavy atom. The SMILES string of the molecule is CC1CC2CC(C)(C1)N2C(=O)Nc1ccc(Cl)c(-c2ncn(C)n2)c1.O=CO. The van der Waals surface area contributed by atoms with E-state index in [1.165, 1.54) is 0 Å². The Kier molecular flexibility index (Phi) is 5.60. The number of aryl methyl sites for hydroxylation is 1. The van der Waals surface area contributed by atoms with Crippen LogP contribution < -0.4 is 5.32 Å². The molecule has 3 heterocycles. The molecule has 150 valence electrons. The average Bonchev–Trinajstić information content (AvgIpc) is 3.02. The number of urea groups is 1. The van der Waals surface area contributed by atoms with E-state index in [4.69, 9.17) is 21.5 Å². The topological polar surface area (TPSA) is 100 Å². The number of anilines is 1. The van der Waals surface area contributed by atoms with Crippen molar-refractivity contribution in [2.75, 3.05) is 5.32 Å². The van der Waals surface area contributed by atoms with E-state index >= 15 is 0 Å². The first-order valence-corrected chi connectivity index (χ1v) is 9.49. The number of hydrogen-bond donors (Lipinski definition) is 2. The van der Waals surface area contributed by atoms with Gasteiger partial charge >= 0.3 is 6.03 Å². The molecular formula is C19H24ClN5O3. The van der Waals surface area contributed by atoms with Crippen LogP contribution in [-0.2, 0) is 11.8 Å². The zero-order chi connectivity index (χ0) is 20.5. The van der Waals surface area contributed by atoms with E-state index in [0.29, 0.717) is 34.1 Å². The molecule has 3 atom stereocenters. The number of amides is 2. The van der Waals surface area contributed by atoms with Crippen molar-refractivity contribution in [2.24, 2.45) is 13.0 Å². The summed E-state index contributed by atoms with van der Waals surface area (Å²) in [6.45, 7) is 4.20. The first kappa shape index (κ1) is 20.1. The molecule has 1 saturated carbocycles. The minimum atomic E-state index is -0.250. The van der Waals surface area contributed by atoms with Crippen LogP contribution in [0.3, 0.4) is 0 Å². The molecule has 8 nitrogen and oxygen atoms in total. The van der Waals surface area contributed by atoms with Gasteiger partial charge < -0.3 is 15.3 Å². The molecule has 0 spiro atoms. The van der Waals surface area contributed by atoms with Crippen LogP contribution in [0.4, 0.5) is 10.5 Å². The van der Waals surface area contributed by atoms with Crippen molar-refractivity contribution >= 4 is 29.8 Å². The molecule has 2 amide bonds. The Bertz CT molecular complexity index is 884. The van der Waals surface area contributed by atoms with Crippen LogP contribution in [0.5, 0.6) is 0 Å². The molecule has 3 unspecified atom stereocenters. The lowest BCUT2D eigenvalue weighted by molar-refractivity contribution is -0.122. The standard InChI is InChI=1S/C18H22ClN5O.CH2O2/c1-11-6-13-9-18(2,8-11)24(13)17(25)21-12-4-5-15(19)14(7-12)16-20-10-23(3)22-16;2-1-3/h4-5,7,10-11,13H,6,8-9H2,1-3H3,(H,21,25);1H,(H,2,3). The second kappa shape index (κ2) is 7.79. The first-order valence-electron chi connectivity index (χ1n) is 9.11. The fourth-order valence-electron chi connectivity index (χ4n) is 4.53. The lowest BCUT2D eigenvalue weighted by atomic mass is 9.65. The molecule has 2 N–H and O–H groups in total. The molecule has 2 aliphatic heterocycles. The first-order chi connectivity index (χ1) is 13.3. The summed E-state index contributed by atoms with van der Waals surface area (Å²) in [5, 5.41) is 14.8. The molecule has 1 aromatic heterocycles. The van der Waals surface area contributed by atoms with Gasteiger partial charge in [0.2, 0.25) is 0 Å². The molecule has 1 aromatic carbocycles. The number of halogens is 1. The Hall–Kier alpha value is -2.61. The van der Waals surface area contributed by atoms with Gasteiger partial charge in [-0.1, -0.05) is 18.5 Å². The summed E-state index contributed by atoms with van der Waals surface area (Å²) < 4.78 is 1.63. The lowest BCUT2D eigenvalue weighted by Gasteiger charge is -2.62. The van der Waals surface area contributed by atoms with E-state index in [-0.39, 0.29) is 18.0 Å². The lowest BCUT2D eigenvalue weighted by Crippen LogP contribution is -2.70. The predicted octanol–water partition coefficient (Wildman–Crippen LogP) is 3.63. The molecule has 5 rings (SSSR count). The molecule has 2 aromatic rings. The number of nitrogens with one attached hydrogen (secondary N) is 1. The highest BCUT2D eigenvalue weighted by atomic mass is 35.5. The van der Waals surface area contributed by atoms with Crippen molar-refractivity contribution in [3.63, 3.8) is 0 Å². The number of aromatic nitrogens is 3. The van der Waals surface area contributed by atoms with E-state index in [9.17, 15) is 4.79 Å². The summed E-state index contributed by atoms with van der Waals surface area (Å²) in [7, 11) is 1.81. The third-order valence-corrected chi connectivity index (χ3v) is 5.69. The van der Waals surface area contributed by atoms with Crippen LogP contribution in [0.2, 0.25) is 5.02 Å². The van der Waals surface area contributed by atoms with Crippen LogP contribution in [0, 0.1) is 5.92 Å². The number of rotatable bonds is 2. The fraction of sp³-hybridized carbons (Fsp3) is 0.474. The van der Waals surface area contributed by atoms with Gasteiger partial charge in [0.15, 0.2) is 5.82 Å². The molecule has 1 aliphatic carbocycles. The smallest absolute Gasteiger partial charge is 0.322 e. The summed E-state index contributed by atoms with van der Waals surface area (Å²) in [6, 6.07) is 5.73. The third kappa shape index (κ3) is 3.82. The van der Waals surface area contributed by atoms with Crippen LogP contribution in [0.25, 0.3) is 11.4 Å². The van der Waals surface area contributed by atoms with Gasteiger partial charge in [-0.25, -0.2) is 9.78 Å². The van der Waals surface area contributed by atoms with E-state index < -0.39 is 0 Å². The van der Waals surface area contributed by atoms with Crippen molar-refractivity contribution in [1.82, 2.24) is 19.7 Å². The van der Waals surface area contributed by atoms with Gasteiger partial charge in [-0.05, 0) is 50.3 Å². The molecular weight excluding hydrogens is 382 g/mol. The predicted molar refractivity (Wildman–Crippen MR) is 106 cm³/mol. The van der Waals surface area contributed by atoms with Gasteiger partial charge in [-0.3, -0.25) is 9.48 Å². The maximum atomic E-state index is 12.8. The van der Waals surface area contributed by atoms with E-state index in [0.717, 1.165) is 19.3 Å². The number of nitrogens with zero attached hydrogens (tertiary/aromatic N) is 4. The van der Waals surface area contributed by atoms with Crippen molar-refractivity contribution in [3.05, 3.63) is 29.5 Å². The number of hydrogen-bond acceptors (Lipinski definition) is 4. The summed E-state index contributed by atoms with van der Waals surface area (Å²) in [5.74, 6) is 1.23.